The fraction of sp³-hybridized carbons (Fsp3) is 0.154. The number of nitrogens with one attached hydrogen (secondary N) is 1. The van der Waals surface area contributed by atoms with Gasteiger partial charge in [0, 0.05) is 44.1 Å². The summed E-state index contributed by atoms with van der Waals surface area (Å²) < 4.78 is 5.21. The number of benzene rings is 1. The zero-order valence-corrected chi connectivity index (χ0v) is 11.8. The molecule has 0 saturated heterocycles. The molecule has 2 heterocycles. The summed E-state index contributed by atoms with van der Waals surface area (Å²) in [7, 11) is 1.68. The molecule has 0 bridgehead atoms. The smallest absolute Gasteiger partial charge is 0.120 e. The molecule has 0 aliphatic heterocycles. The molecule has 0 saturated carbocycles. The fourth-order valence-corrected chi connectivity index (χ4v) is 2.07. The zero-order chi connectivity index (χ0) is 11.1. The van der Waals surface area contributed by atoms with Crippen LogP contribution in [0.2, 0.25) is 0 Å². The minimum atomic E-state index is 0. The van der Waals surface area contributed by atoms with Gasteiger partial charge in [0.25, 0.3) is 0 Å². The molecule has 0 atom stereocenters. The van der Waals surface area contributed by atoms with E-state index in [0.717, 1.165) is 22.5 Å². The molecule has 0 unspecified atom stereocenters. The first-order valence-electron chi connectivity index (χ1n) is 5.20. The van der Waals surface area contributed by atoms with Crippen LogP contribution in [0.1, 0.15) is 5.69 Å². The summed E-state index contributed by atoms with van der Waals surface area (Å²) in [5.41, 5.74) is 3.21. The Bertz CT molecular complexity index is 676. The van der Waals surface area contributed by atoms with Crippen LogP contribution in [0.25, 0.3) is 21.8 Å². The Labute approximate surface area is 113 Å². The molecule has 0 radical (unpaired) electrons. The SMILES string of the molecule is COc1ccc2c(c1)[nH]c1c(C)nccc12.[Pt]. The number of hydrogen-bond acceptors (Lipinski definition) is 2. The third-order valence-electron chi connectivity index (χ3n) is 2.92. The second-order valence-corrected chi connectivity index (χ2v) is 3.86. The standard InChI is InChI=1S/C13H12N2O.Pt/c1-8-13-11(5-6-14-8)10-4-3-9(16-2)7-12(10)15-13;/h3-7,15H,1-2H3;. The molecule has 0 spiro atoms. The van der Waals surface area contributed by atoms with Crippen LogP contribution in [0.15, 0.2) is 30.5 Å². The minimum absolute atomic E-state index is 0. The predicted octanol–water partition coefficient (Wildman–Crippen LogP) is 3.03. The van der Waals surface area contributed by atoms with Crippen molar-refractivity contribution in [3.63, 3.8) is 0 Å². The van der Waals surface area contributed by atoms with E-state index in [1.807, 2.05) is 31.3 Å². The molecule has 1 N–H and O–H groups in total. The molecule has 0 aliphatic rings. The van der Waals surface area contributed by atoms with Crippen molar-refractivity contribution in [3.05, 3.63) is 36.2 Å². The van der Waals surface area contributed by atoms with Gasteiger partial charge in [-0.2, -0.15) is 0 Å². The van der Waals surface area contributed by atoms with E-state index in [2.05, 4.69) is 16.0 Å². The monoisotopic (exact) mass is 407 g/mol. The zero-order valence-electron chi connectivity index (χ0n) is 9.56. The summed E-state index contributed by atoms with van der Waals surface area (Å²) in [6.07, 6.45) is 1.84. The van der Waals surface area contributed by atoms with Gasteiger partial charge < -0.3 is 9.72 Å². The average Bonchev–Trinajstić information content (AvgIpc) is 2.68. The molecule has 3 nitrogen and oxygen atoms in total. The van der Waals surface area contributed by atoms with Crippen LogP contribution in [0.3, 0.4) is 0 Å². The van der Waals surface area contributed by atoms with E-state index in [1.165, 1.54) is 10.8 Å². The number of ether oxygens (including phenoxy) is 1. The molecule has 1 aromatic carbocycles. The van der Waals surface area contributed by atoms with Crippen LogP contribution in [-0.4, -0.2) is 17.1 Å². The van der Waals surface area contributed by atoms with Gasteiger partial charge in [0.15, 0.2) is 0 Å². The molecule has 2 aromatic heterocycles. The van der Waals surface area contributed by atoms with Crippen molar-refractivity contribution in [3.8, 4) is 5.75 Å². The van der Waals surface area contributed by atoms with Crippen LogP contribution < -0.4 is 4.74 Å². The number of hydrogen-bond donors (Lipinski definition) is 1. The van der Waals surface area contributed by atoms with Crippen molar-refractivity contribution >= 4 is 21.8 Å². The molecule has 3 rings (SSSR count). The number of fused-ring (bicyclic) bond motifs is 3. The number of aryl methyl sites for hydroxylation is 1. The van der Waals surface area contributed by atoms with E-state index in [1.54, 1.807) is 7.11 Å². The fourth-order valence-electron chi connectivity index (χ4n) is 2.07. The molecular formula is C13H12N2OPt. The maximum Gasteiger partial charge on any atom is 0.120 e. The molecule has 4 heteroatoms. The number of aromatic nitrogens is 2. The van der Waals surface area contributed by atoms with E-state index in [-0.39, 0.29) is 21.1 Å². The van der Waals surface area contributed by atoms with Crippen LogP contribution in [0, 0.1) is 6.92 Å². The normalized spacial score (nSPS) is 10.5. The Kier molecular flexibility index (Phi) is 3.21. The van der Waals surface area contributed by atoms with E-state index in [9.17, 15) is 0 Å². The number of rotatable bonds is 1. The topological polar surface area (TPSA) is 37.9 Å². The average molecular weight is 407 g/mol. The number of H-pyrrole nitrogens is 1. The largest absolute Gasteiger partial charge is 0.497 e. The second kappa shape index (κ2) is 4.50. The molecule has 17 heavy (non-hydrogen) atoms. The molecule has 90 valence electrons. The van der Waals surface area contributed by atoms with Crippen molar-refractivity contribution in [2.45, 2.75) is 6.92 Å². The van der Waals surface area contributed by atoms with Crippen molar-refractivity contribution in [1.29, 1.82) is 0 Å². The molecule has 3 aromatic rings. The first-order chi connectivity index (χ1) is 7.79. The molecule has 0 aliphatic carbocycles. The van der Waals surface area contributed by atoms with Crippen LogP contribution in [0.4, 0.5) is 0 Å². The van der Waals surface area contributed by atoms with Gasteiger partial charge in [-0.1, -0.05) is 0 Å². The quantitative estimate of drug-likeness (QED) is 0.674. The van der Waals surface area contributed by atoms with Gasteiger partial charge in [-0.05, 0) is 25.1 Å². The molecule has 0 amide bonds. The molecular weight excluding hydrogens is 395 g/mol. The van der Waals surface area contributed by atoms with Gasteiger partial charge in [0.05, 0.1) is 23.8 Å². The summed E-state index contributed by atoms with van der Waals surface area (Å²) in [5, 5.41) is 2.42. The Morgan fingerprint density at radius 3 is 2.76 bits per heavy atom. The van der Waals surface area contributed by atoms with E-state index in [0.29, 0.717) is 0 Å². The van der Waals surface area contributed by atoms with Crippen molar-refractivity contribution in [2.24, 2.45) is 0 Å². The van der Waals surface area contributed by atoms with Gasteiger partial charge in [-0.15, -0.1) is 0 Å². The van der Waals surface area contributed by atoms with Gasteiger partial charge >= 0.3 is 0 Å². The van der Waals surface area contributed by atoms with Crippen LogP contribution >= 0.6 is 0 Å². The van der Waals surface area contributed by atoms with E-state index >= 15 is 0 Å². The third kappa shape index (κ3) is 1.85. The Balaban J connectivity index is 0.00000108. The van der Waals surface area contributed by atoms with Crippen LogP contribution in [0.5, 0.6) is 5.75 Å². The first kappa shape index (κ1) is 12.1. The maximum absolute atomic E-state index is 5.21. The van der Waals surface area contributed by atoms with Crippen molar-refractivity contribution in [1.82, 2.24) is 9.97 Å². The van der Waals surface area contributed by atoms with Gasteiger partial charge in [-0.25, -0.2) is 0 Å². The number of methoxy groups -OCH3 is 1. The summed E-state index contributed by atoms with van der Waals surface area (Å²) in [5.74, 6) is 0.865. The number of nitrogens with zero attached hydrogens (tertiary/aromatic N) is 1. The first-order valence-corrected chi connectivity index (χ1v) is 5.20. The van der Waals surface area contributed by atoms with Gasteiger partial charge in [-0.3, -0.25) is 4.98 Å². The van der Waals surface area contributed by atoms with Gasteiger partial charge in [0.1, 0.15) is 5.75 Å². The minimum Gasteiger partial charge on any atom is -0.497 e. The number of pyridine rings is 1. The Morgan fingerprint density at radius 1 is 1.18 bits per heavy atom. The van der Waals surface area contributed by atoms with Gasteiger partial charge in [0.2, 0.25) is 0 Å². The van der Waals surface area contributed by atoms with E-state index in [4.69, 9.17) is 4.74 Å². The molecule has 0 fully saturated rings. The summed E-state index contributed by atoms with van der Waals surface area (Å²) in [6.45, 7) is 2.01. The second-order valence-electron chi connectivity index (χ2n) is 3.86. The summed E-state index contributed by atoms with van der Waals surface area (Å²) in [4.78, 5) is 7.66. The van der Waals surface area contributed by atoms with Crippen molar-refractivity contribution < 1.29 is 25.8 Å². The predicted molar refractivity (Wildman–Crippen MR) is 64.9 cm³/mol. The van der Waals surface area contributed by atoms with E-state index < -0.39 is 0 Å². The number of aromatic amines is 1. The summed E-state index contributed by atoms with van der Waals surface area (Å²) >= 11 is 0. The Hall–Kier alpha value is -1.34. The Morgan fingerprint density at radius 2 is 2.00 bits per heavy atom. The van der Waals surface area contributed by atoms with Crippen LogP contribution in [-0.2, 0) is 21.1 Å². The van der Waals surface area contributed by atoms with Crippen molar-refractivity contribution in [2.75, 3.05) is 7.11 Å². The summed E-state index contributed by atoms with van der Waals surface area (Å²) in [6, 6.07) is 8.10. The third-order valence-corrected chi connectivity index (χ3v) is 2.92. The maximum atomic E-state index is 5.21.